The first-order chi connectivity index (χ1) is 8.53. The number of carbonyl (C=O) groups is 3. The summed E-state index contributed by atoms with van der Waals surface area (Å²) in [5.74, 6) is -2.71. The molecule has 0 aromatic rings. The van der Waals surface area contributed by atoms with Gasteiger partial charge in [0.25, 0.3) is 0 Å². The number of hydrogen-bond acceptors (Lipinski definition) is 5. The summed E-state index contributed by atoms with van der Waals surface area (Å²) >= 11 is 0. The average Bonchev–Trinajstić information content (AvgIpc) is 2.21. The highest BCUT2D eigenvalue weighted by Gasteiger charge is 2.23. The fourth-order valence-electron chi connectivity index (χ4n) is 1.15. The Bertz CT molecular complexity index is 349. The summed E-state index contributed by atoms with van der Waals surface area (Å²) in [5.41, 5.74) is 4.78. The molecule has 0 aromatic heterocycles. The van der Waals surface area contributed by atoms with Crippen LogP contribution in [-0.4, -0.2) is 41.1 Å². The van der Waals surface area contributed by atoms with Crippen LogP contribution in [0.1, 0.15) is 34.1 Å². The molecule has 0 aliphatic carbocycles. The zero-order valence-corrected chi connectivity index (χ0v) is 11.7. The summed E-state index contributed by atoms with van der Waals surface area (Å²) in [7, 11) is 0. The van der Waals surface area contributed by atoms with E-state index in [1.165, 1.54) is 0 Å². The lowest BCUT2D eigenvalue weighted by molar-refractivity contribution is -0.159. The van der Waals surface area contributed by atoms with Crippen molar-refractivity contribution >= 4 is 17.8 Å². The van der Waals surface area contributed by atoms with Crippen LogP contribution in [0.3, 0.4) is 0 Å². The normalized spacial score (nSPS) is 14.4. The van der Waals surface area contributed by atoms with Crippen molar-refractivity contribution in [3.05, 3.63) is 0 Å². The minimum Gasteiger partial charge on any atom is -0.481 e. The molecule has 0 aromatic carbocycles. The van der Waals surface area contributed by atoms with E-state index in [4.69, 9.17) is 15.6 Å². The number of nitrogens with one attached hydrogen (secondary N) is 1. The number of carboxylic acids is 1. The smallest absolute Gasteiger partial charge is 0.310 e. The molecule has 2 atom stereocenters. The summed E-state index contributed by atoms with van der Waals surface area (Å²) in [5, 5.41) is 10.9. The second-order valence-electron chi connectivity index (χ2n) is 5.38. The molecule has 0 bridgehead atoms. The van der Waals surface area contributed by atoms with E-state index >= 15 is 0 Å². The van der Waals surface area contributed by atoms with Gasteiger partial charge in [0.15, 0.2) is 0 Å². The third-order valence-electron chi connectivity index (χ3n) is 2.12. The molecule has 110 valence electrons. The van der Waals surface area contributed by atoms with Crippen molar-refractivity contribution in [3.8, 4) is 0 Å². The average molecular weight is 274 g/mol. The van der Waals surface area contributed by atoms with E-state index in [1.54, 1.807) is 27.7 Å². The topological polar surface area (TPSA) is 119 Å². The van der Waals surface area contributed by atoms with E-state index < -0.39 is 41.8 Å². The van der Waals surface area contributed by atoms with Gasteiger partial charge in [-0.05, 0) is 20.8 Å². The van der Waals surface area contributed by atoms with Gasteiger partial charge in [-0.25, -0.2) is 0 Å². The molecule has 7 heteroatoms. The molecule has 1 amide bonds. The first-order valence-electron chi connectivity index (χ1n) is 6.01. The van der Waals surface area contributed by atoms with E-state index in [-0.39, 0.29) is 6.54 Å². The van der Waals surface area contributed by atoms with Crippen LogP contribution in [0, 0.1) is 5.92 Å². The fraction of sp³-hybridized carbons (Fsp3) is 0.750. The summed E-state index contributed by atoms with van der Waals surface area (Å²) < 4.78 is 5.14. The fourth-order valence-corrected chi connectivity index (χ4v) is 1.15. The van der Waals surface area contributed by atoms with Crippen molar-refractivity contribution in [3.63, 3.8) is 0 Å². The lowest BCUT2D eigenvalue weighted by atomic mass is 10.1. The zero-order chi connectivity index (χ0) is 15.2. The number of esters is 1. The SMILES string of the molecule is CC(CNC(=O)[C@H](N)CC(=O)O)C(=O)OC(C)(C)C. The first kappa shape index (κ1) is 17.4. The number of aliphatic carboxylic acids is 1. The van der Waals surface area contributed by atoms with Crippen LogP contribution in [0.15, 0.2) is 0 Å². The molecular weight excluding hydrogens is 252 g/mol. The molecule has 0 radical (unpaired) electrons. The molecule has 0 fully saturated rings. The van der Waals surface area contributed by atoms with Crippen molar-refractivity contribution in [2.75, 3.05) is 6.54 Å². The molecule has 0 spiro atoms. The van der Waals surface area contributed by atoms with E-state index in [1.807, 2.05) is 0 Å². The van der Waals surface area contributed by atoms with Gasteiger partial charge in [0.2, 0.25) is 5.91 Å². The lowest BCUT2D eigenvalue weighted by Crippen LogP contribution is -2.44. The molecule has 7 nitrogen and oxygen atoms in total. The van der Waals surface area contributed by atoms with Crippen LogP contribution in [0.25, 0.3) is 0 Å². The Balaban J connectivity index is 4.15. The molecule has 0 saturated heterocycles. The second kappa shape index (κ2) is 7.08. The molecule has 4 N–H and O–H groups in total. The van der Waals surface area contributed by atoms with E-state index in [0.29, 0.717) is 0 Å². The third-order valence-corrected chi connectivity index (χ3v) is 2.12. The van der Waals surface area contributed by atoms with Crippen molar-refractivity contribution in [1.82, 2.24) is 5.32 Å². The van der Waals surface area contributed by atoms with Crippen molar-refractivity contribution in [2.45, 2.75) is 45.8 Å². The predicted molar refractivity (Wildman–Crippen MR) is 68.2 cm³/mol. The highest BCUT2D eigenvalue weighted by atomic mass is 16.6. The molecule has 1 unspecified atom stereocenters. The second-order valence-corrected chi connectivity index (χ2v) is 5.38. The monoisotopic (exact) mass is 274 g/mol. The largest absolute Gasteiger partial charge is 0.481 e. The number of rotatable bonds is 6. The van der Waals surface area contributed by atoms with Gasteiger partial charge in [-0.15, -0.1) is 0 Å². The van der Waals surface area contributed by atoms with Crippen LogP contribution >= 0.6 is 0 Å². The van der Waals surface area contributed by atoms with Crippen LogP contribution in [0.2, 0.25) is 0 Å². The standard InChI is InChI=1S/C12H22N2O5/c1-7(11(18)19-12(2,3)4)6-14-10(17)8(13)5-9(15)16/h7-8H,5-6,13H2,1-4H3,(H,14,17)(H,15,16)/t7?,8-/m1/s1. The number of carbonyl (C=O) groups excluding carboxylic acids is 2. The van der Waals surface area contributed by atoms with Crippen molar-refractivity contribution in [2.24, 2.45) is 11.7 Å². The van der Waals surface area contributed by atoms with Gasteiger partial charge >= 0.3 is 11.9 Å². The molecule has 0 heterocycles. The van der Waals surface area contributed by atoms with Gasteiger partial charge < -0.3 is 20.9 Å². The Morgan fingerprint density at radius 1 is 1.32 bits per heavy atom. The van der Waals surface area contributed by atoms with Gasteiger partial charge in [0, 0.05) is 6.54 Å². The van der Waals surface area contributed by atoms with Gasteiger partial charge in [0.05, 0.1) is 18.4 Å². The number of hydrogen-bond donors (Lipinski definition) is 3. The molecule has 0 aliphatic rings. The Kier molecular flexibility index (Phi) is 6.47. The Morgan fingerprint density at radius 2 is 1.84 bits per heavy atom. The molecule has 0 aliphatic heterocycles. The highest BCUT2D eigenvalue weighted by Crippen LogP contribution is 2.10. The van der Waals surface area contributed by atoms with Gasteiger partial charge in [-0.2, -0.15) is 0 Å². The predicted octanol–water partition coefficient (Wildman–Crippen LogP) is -0.118. The van der Waals surface area contributed by atoms with Crippen LogP contribution in [0.4, 0.5) is 0 Å². The van der Waals surface area contributed by atoms with Crippen molar-refractivity contribution < 1.29 is 24.2 Å². The summed E-state index contributed by atoms with van der Waals surface area (Å²) in [4.78, 5) is 33.4. The number of ether oxygens (including phenoxy) is 1. The van der Waals surface area contributed by atoms with Gasteiger partial charge in [-0.1, -0.05) is 6.92 Å². The highest BCUT2D eigenvalue weighted by molar-refractivity contribution is 5.86. The van der Waals surface area contributed by atoms with Crippen LogP contribution in [0.5, 0.6) is 0 Å². The Labute approximate surface area is 112 Å². The van der Waals surface area contributed by atoms with Gasteiger partial charge in [0.1, 0.15) is 5.60 Å². The number of nitrogens with two attached hydrogens (primary N) is 1. The minimum absolute atomic E-state index is 0.0566. The van der Waals surface area contributed by atoms with E-state index in [9.17, 15) is 14.4 Å². The minimum atomic E-state index is -1.15. The molecular formula is C12H22N2O5. The quantitative estimate of drug-likeness (QED) is 0.581. The third kappa shape index (κ3) is 8.15. The maximum atomic E-state index is 11.6. The lowest BCUT2D eigenvalue weighted by Gasteiger charge is -2.22. The van der Waals surface area contributed by atoms with E-state index in [0.717, 1.165) is 0 Å². The number of amides is 1. The van der Waals surface area contributed by atoms with Crippen molar-refractivity contribution in [1.29, 1.82) is 0 Å². The Hall–Kier alpha value is -1.63. The van der Waals surface area contributed by atoms with E-state index in [2.05, 4.69) is 5.32 Å². The maximum absolute atomic E-state index is 11.6. The molecule has 0 rings (SSSR count). The maximum Gasteiger partial charge on any atom is 0.310 e. The van der Waals surface area contributed by atoms with Gasteiger partial charge in [-0.3, -0.25) is 14.4 Å². The van der Waals surface area contributed by atoms with Crippen LogP contribution < -0.4 is 11.1 Å². The zero-order valence-electron chi connectivity index (χ0n) is 11.7. The first-order valence-corrected chi connectivity index (χ1v) is 6.01. The summed E-state index contributed by atoms with van der Waals surface area (Å²) in [6, 6.07) is -1.12. The Morgan fingerprint density at radius 3 is 2.26 bits per heavy atom. The molecule has 19 heavy (non-hydrogen) atoms. The molecule has 0 saturated carbocycles. The van der Waals surface area contributed by atoms with Crippen LogP contribution in [-0.2, 0) is 19.1 Å². The summed E-state index contributed by atoms with van der Waals surface area (Å²) in [6.07, 6.45) is -0.452. The summed E-state index contributed by atoms with van der Waals surface area (Å²) in [6.45, 7) is 6.91. The number of carboxylic acid groups (broad SMARTS) is 1.